The number of nitrogens with zero attached hydrogens (tertiary/aromatic N) is 1. The van der Waals surface area contributed by atoms with E-state index in [1.54, 1.807) is 0 Å². The van der Waals surface area contributed by atoms with Gasteiger partial charge in [-0.15, -0.1) is 0 Å². The fourth-order valence-corrected chi connectivity index (χ4v) is 3.00. The molecule has 2 N–H and O–H groups in total. The van der Waals surface area contributed by atoms with Crippen molar-refractivity contribution in [3.8, 4) is 0 Å². The minimum Gasteiger partial charge on any atom is -0.316 e. The third-order valence-electron chi connectivity index (χ3n) is 4.01. The van der Waals surface area contributed by atoms with Crippen LogP contribution in [0.4, 0.5) is 0 Å². The van der Waals surface area contributed by atoms with Crippen molar-refractivity contribution in [2.75, 3.05) is 7.05 Å². The molecule has 2 saturated carbocycles. The molecule has 0 aliphatic heterocycles. The average Bonchev–Trinajstić information content (AvgIpc) is 2.84. The summed E-state index contributed by atoms with van der Waals surface area (Å²) in [5.74, 6) is 1.51. The second-order valence-electron chi connectivity index (χ2n) is 5.29. The van der Waals surface area contributed by atoms with E-state index in [2.05, 4.69) is 15.5 Å². The number of rotatable bonds is 4. The van der Waals surface area contributed by atoms with Gasteiger partial charge in [-0.2, -0.15) is 5.10 Å². The van der Waals surface area contributed by atoms with Crippen LogP contribution in [0.3, 0.4) is 0 Å². The molecule has 0 aromatic carbocycles. The summed E-state index contributed by atoms with van der Waals surface area (Å²) in [5.41, 5.74) is 4.28. The molecule has 0 amide bonds. The highest BCUT2D eigenvalue weighted by molar-refractivity contribution is 5.33. The van der Waals surface area contributed by atoms with Crippen molar-refractivity contribution in [2.45, 2.75) is 56.9 Å². The molecule has 0 radical (unpaired) electrons. The number of aromatic amines is 1. The summed E-state index contributed by atoms with van der Waals surface area (Å²) in [6.45, 7) is 0.980. The van der Waals surface area contributed by atoms with Gasteiger partial charge in [-0.3, -0.25) is 5.10 Å². The molecule has 3 nitrogen and oxygen atoms in total. The first-order valence-corrected chi connectivity index (χ1v) is 6.61. The molecule has 2 aliphatic carbocycles. The fraction of sp³-hybridized carbons (Fsp3) is 0.769. The van der Waals surface area contributed by atoms with Crippen LogP contribution in [-0.4, -0.2) is 17.2 Å². The normalized spacial score (nSPS) is 21.8. The van der Waals surface area contributed by atoms with Crippen LogP contribution in [0.15, 0.2) is 0 Å². The van der Waals surface area contributed by atoms with Crippen LogP contribution in [0.1, 0.15) is 67.3 Å². The highest BCUT2D eigenvalue weighted by Crippen LogP contribution is 2.43. The molecule has 0 unspecified atom stereocenters. The molecular formula is C13H21N3. The van der Waals surface area contributed by atoms with Gasteiger partial charge in [0.15, 0.2) is 0 Å². The summed E-state index contributed by atoms with van der Waals surface area (Å²) >= 11 is 0. The Morgan fingerprint density at radius 3 is 2.56 bits per heavy atom. The Labute approximate surface area is 97.0 Å². The third kappa shape index (κ3) is 1.77. The number of nitrogens with one attached hydrogen (secondary N) is 2. The molecule has 2 aliphatic rings. The summed E-state index contributed by atoms with van der Waals surface area (Å²) < 4.78 is 0. The molecule has 88 valence electrons. The minimum absolute atomic E-state index is 0.729. The quantitative estimate of drug-likeness (QED) is 0.817. The predicted octanol–water partition coefficient (Wildman–Crippen LogP) is 2.66. The van der Waals surface area contributed by atoms with Crippen molar-refractivity contribution in [3.05, 3.63) is 17.0 Å². The average molecular weight is 219 g/mol. The van der Waals surface area contributed by atoms with Crippen LogP contribution in [0, 0.1) is 0 Å². The van der Waals surface area contributed by atoms with E-state index in [1.165, 1.54) is 55.5 Å². The Balaban J connectivity index is 1.89. The van der Waals surface area contributed by atoms with Gasteiger partial charge >= 0.3 is 0 Å². The van der Waals surface area contributed by atoms with E-state index in [-0.39, 0.29) is 0 Å². The van der Waals surface area contributed by atoms with Gasteiger partial charge in [-0.1, -0.05) is 12.8 Å². The van der Waals surface area contributed by atoms with Crippen LogP contribution < -0.4 is 5.32 Å². The number of aromatic nitrogens is 2. The zero-order valence-corrected chi connectivity index (χ0v) is 10.1. The van der Waals surface area contributed by atoms with E-state index in [1.807, 2.05) is 7.05 Å². The standard InChI is InChI=1S/C13H21N3/c1-14-8-11-12(9-4-2-3-5-9)15-16-13(11)10-6-7-10/h9-10,14H,2-8H2,1H3,(H,15,16). The molecule has 0 bridgehead atoms. The molecule has 0 spiro atoms. The van der Waals surface area contributed by atoms with Crippen LogP contribution in [0.25, 0.3) is 0 Å². The maximum Gasteiger partial charge on any atom is 0.0700 e. The van der Waals surface area contributed by atoms with Gasteiger partial charge in [-0.05, 0) is 32.7 Å². The van der Waals surface area contributed by atoms with Gasteiger partial charge in [0.25, 0.3) is 0 Å². The molecule has 1 aromatic heterocycles. The Morgan fingerprint density at radius 1 is 1.19 bits per heavy atom. The van der Waals surface area contributed by atoms with Crippen LogP contribution in [0.2, 0.25) is 0 Å². The second-order valence-corrected chi connectivity index (χ2v) is 5.29. The molecule has 0 atom stereocenters. The maximum absolute atomic E-state index is 4.61. The van der Waals surface area contributed by atoms with E-state index >= 15 is 0 Å². The van der Waals surface area contributed by atoms with Crippen molar-refractivity contribution >= 4 is 0 Å². The summed E-state index contributed by atoms with van der Waals surface area (Å²) in [6, 6.07) is 0. The monoisotopic (exact) mass is 219 g/mol. The van der Waals surface area contributed by atoms with Crippen LogP contribution in [-0.2, 0) is 6.54 Å². The molecule has 2 fully saturated rings. The lowest BCUT2D eigenvalue weighted by atomic mass is 9.97. The van der Waals surface area contributed by atoms with Gasteiger partial charge in [0, 0.05) is 29.6 Å². The fourth-order valence-electron chi connectivity index (χ4n) is 3.00. The number of H-pyrrole nitrogens is 1. The zero-order chi connectivity index (χ0) is 11.0. The third-order valence-corrected chi connectivity index (χ3v) is 4.01. The lowest BCUT2D eigenvalue weighted by molar-refractivity contribution is 0.675. The largest absolute Gasteiger partial charge is 0.316 e. The van der Waals surface area contributed by atoms with Crippen molar-refractivity contribution in [2.24, 2.45) is 0 Å². The predicted molar refractivity (Wildman–Crippen MR) is 64.5 cm³/mol. The Hall–Kier alpha value is -0.830. The first-order valence-electron chi connectivity index (χ1n) is 6.61. The first-order chi connectivity index (χ1) is 7.90. The van der Waals surface area contributed by atoms with E-state index in [4.69, 9.17) is 0 Å². The van der Waals surface area contributed by atoms with E-state index in [9.17, 15) is 0 Å². The van der Waals surface area contributed by atoms with Crippen molar-refractivity contribution in [3.63, 3.8) is 0 Å². The van der Waals surface area contributed by atoms with Crippen molar-refractivity contribution < 1.29 is 0 Å². The highest BCUT2D eigenvalue weighted by atomic mass is 15.1. The smallest absolute Gasteiger partial charge is 0.0700 e. The number of hydrogen-bond donors (Lipinski definition) is 2. The van der Waals surface area contributed by atoms with Gasteiger partial charge in [-0.25, -0.2) is 0 Å². The lowest BCUT2D eigenvalue weighted by Gasteiger charge is -2.09. The zero-order valence-electron chi connectivity index (χ0n) is 10.1. The second kappa shape index (κ2) is 4.21. The van der Waals surface area contributed by atoms with Gasteiger partial charge in [0.05, 0.1) is 5.69 Å². The summed E-state index contributed by atoms with van der Waals surface area (Å²) in [4.78, 5) is 0. The van der Waals surface area contributed by atoms with Crippen molar-refractivity contribution in [1.29, 1.82) is 0 Å². The van der Waals surface area contributed by atoms with Crippen molar-refractivity contribution in [1.82, 2.24) is 15.5 Å². The Morgan fingerprint density at radius 2 is 1.94 bits per heavy atom. The van der Waals surface area contributed by atoms with E-state index in [0.29, 0.717) is 0 Å². The van der Waals surface area contributed by atoms with Crippen LogP contribution in [0.5, 0.6) is 0 Å². The topological polar surface area (TPSA) is 40.7 Å². The van der Waals surface area contributed by atoms with Crippen LogP contribution >= 0.6 is 0 Å². The van der Waals surface area contributed by atoms with Gasteiger partial charge in [0.1, 0.15) is 0 Å². The lowest BCUT2D eigenvalue weighted by Crippen LogP contribution is -2.09. The Kier molecular flexibility index (Phi) is 2.72. The molecule has 3 heteroatoms. The van der Waals surface area contributed by atoms with E-state index in [0.717, 1.165) is 18.4 Å². The molecule has 3 rings (SSSR count). The first kappa shape index (κ1) is 10.3. The SMILES string of the molecule is CNCc1c(C2CCCC2)n[nH]c1C1CC1. The molecular weight excluding hydrogens is 198 g/mol. The minimum atomic E-state index is 0.729. The molecule has 0 saturated heterocycles. The van der Waals surface area contributed by atoms with Gasteiger partial charge < -0.3 is 5.32 Å². The molecule has 16 heavy (non-hydrogen) atoms. The number of hydrogen-bond acceptors (Lipinski definition) is 2. The molecule has 1 heterocycles. The van der Waals surface area contributed by atoms with Gasteiger partial charge in [0.2, 0.25) is 0 Å². The highest BCUT2D eigenvalue weighted by Gasteiger charge is 2.31. The summed E-state index contributed by atoms with van der Waals surface area (Å²) in [7, 11) is 2.03. The summed E-state index contributed by atoms with van der Waals surface area (Å²) in [6.07, 6.45) is 8.15. The maximum atomic E-state index is 4.61. The molecule has 1 aromatic rings. The van der Waals surface area contributed by atoms with E-state index < -0.39 is 0 Å². The summed E-state index contributed by atoms with van der Waals surface area (Å²) in [5, 5.41) is 11.2. The Bertz CT molecular complexity index is 359.